The fourth-order valence-electron chi connectivity index (χ4n) is 4.06. The Morgan fingerprint density at radius 2 is 1.69 bits per heavy atom. The first-order valence-electron chi connectivity index (χ1n) is 8.89. The Morgan fingerprint density at radius 1 is 0.962 bits per heavy atom. The van der Waals surface area contributed by atoms with Crippen molar-refractivity contribution in [2.24, 2.45) is 0 Å². The molecule has 0 saturated heterocycles. The van der Waals surface area contributed by atoms with Crippen molar-refractivity contribution < 1.29 is 9.13 Å². The van der Waals surface area contributed by atoms with Gasteiger partial charge in [0.1, 0.15) is 11.6 Å². The van der Waals surface area contributed by atoms with E-state index in [0.29, 0.717) is 0 Å². The first-order valence-corrected chi connectivity index (χ1v) is 8.89. The van der Waals surface area contributed by atoms with Gasteiger partial charge >= 0.3 is 0 Å². The van der Waals surface area contributed by atoms with Gasteiger partial charge in [0.15, 0.2) is 0 Å². The number of fused-ring (bicyclic) bond motifs is 1. The van der Waals surface area contributed by atoms with Crippen molar-refractivity contribution in [3.05, 3.63) is 95.3 Å². The van der Waals surface area contributed by atoms with Crippen LogP contribution in [0.2, 0.25) is 0 Å². The van der Waals surface area contributed by atoms with Crippen molar-refractivity contribution in [1.29, 1.82) is 0 Å². The summed E-state index contributed by atoms with van der Waals surface area (Å²) in [7, 11) is 1.70. The summed E-state index contributed by atoms with van der Waals surface area (Å²) in [4.78, 5) is 2.37. The lowest BCUT2D eigenvalue weighted by molar-refractivity contribution is 0.411. The zero-order valence-corrected chi connectivity index (χ0v) is 15.1. The maximum absolute atomic E-state index is 13.5. The van der Waals surface area contributed by atoms with Gasteiger partial charge in [-0.2, -0.15) is 0 Å². The third-order valence-electron chi connectivity index (χ3n) is 5.46. The molecule has 132 valence electrons. The second-order valence-electron chi connectivity index (χ2n) is 6.84. The minimum absolute atomic E-state index is 0.211. The Hall–Kier alpha value is -2.81. The number of rotatable bonds is 3. The van der Waals surface area contributed by atoms with Gasteiger partial charge in [-0.1, -0.05) is 36.4 Å². The van der Waals surface area contributed by atoms with Crippen LogP contribution in [0.3, 0.4) is 0 Å². The molecule has 2 nitrogen and oxygen atoms in total. The van der Waals surface area contributed by atoms with E-state index >= 15 is 0 Å². The van der Waals surface area contributed by atoms with Gasteiger partial charge in [-0.15, -0.1) is 0 Å². The van der Waals surface area contributed by atoms with E-state index in [9.17, 15) is 4.39 Å². The predicted octanol–water partition coefficient (Wildman–Crippen LogP) is 5.16. The number of halogens is 1. The van der Waals surface area contributed by atoms with Crippen LogP contribution in [-0.4, -0.2) is 13.7 Å². The third kappa shape index (κ3) is 2.64. The monoisotopic (exact) mass is 347 g/mol. The van der Waals surface area contributed by atoms with Gasteiger partial charge in [0.2, 0.25) is 0 Å². The molecule has 3 heteroatoms. The number of hydrogen-bond donors (Lipinski definition) is 0. The third-order valence-corrected chi connectivity index (χ3v) is 5.46. The Labute approximate surface area is 153 Å². The zero-order chi connectivity index (χ0) is 18.1. The molecule has 0 saturated carbocycles. The highest BCUT2D eigenvalue weighted by atomic mass is 19.1. The highest BCUT2D eigenvalue weighted by molar-refractivity contribution is 5.60. The van der Waals surface area contributed by atoms with Gasteiger partial charge < -0.3 is 9.64 Å². The van der Waals surface area contributed by atoms with Gasteiger partial charge in [-0.3, -0.25) is 0 Å². The van der Waals surface area contributed by atoms with Crippen LogP contribution < -0.4 is 9.64 Å². The number of ether oxygens (including phenoxy) is 1. The molecule has 0 radical (unpaired) electrons. The van der Waals surface area contributed by atoms with E-state index in [0.717, 1.165) is 24.4 Å². The number of nitrogens with zero attached hydrogens (tertiary/aromatic N) is 1. The number of hydrogen-bond acceptors (Lipinski definition) is 2. The molecular formula is C23H22FNO. The average Bonchev–Trinajstić information content (AvgIpc) is 2.69. The predicted molar refractivity (Wildman–Crippen MR) is 103 cm³/mol. The lowest BCUT2D eigenvalue weighted by Crippen LogP contribution is -2.49. The van der Waals surface area contributed by atoms with Crippen LogP contribution >= 0.6 is 0 Å². The van der Waals surface area contributed by atoms with Crippen LogP contribution in [0.5, 0.6) is 5.75 Å². The molecule has 3 aromatic carbocycles. The van der Waals surface area contributed by atoms with E-state index in [1.807, 2.05) is 24.3 Å². The molecule has 1 aliphatic heterocycles. The van der Waals surface area contributed by atoms with Gasteiger partial charge in [0, 0.05) is 12.2 Å². The van der Waals surface area contributed by atoms with Crippen molar-refractivity contribution in [2.75, 3.05) is 18.6 Å². The van der Waals surface area contributed by atoms with Crippen molar-refractivity contribution in [3.8, 4) is 5.75 Å². The normalized spacial score (nSPS) is 19.1. The average molecular weight is 347 g/mol. The van der Waals surface area contributed by atoms with Crippen molar-refractivity contribution in [2.45, 2.75) is 18.9 Å². The molecule has 4 rings (SSSR count). The van der Waals surface area contributed by atoms with Crippen LogP contribution in [0, 0.1) is 5.82 Å². The van der Waals surface area contributed by atoms with Crippen LogP contribution in [0.15, 0.2) is 72.8 Å². The van der Waals surface area contributed by atoms with Crippen LogP contribution in [0.1, 0.15) is 23.6 Å². The Morgan fingerprint density at radius 3 is 2.38 bits per heavy atom. The highest BCUT2D eigenvalue weighted by Crippen LogP contribution is 2.44. The Kier molecular flexibility index (Phi) is 4.15. The number of methoxy groups -OCH3 is 1. The highest BCUT2D eigenvalue weighted by Gasteiger charge is 2.40. The SMILES string of the molecule is COc1ccc2c(c1)CCN(c1ccc(F)cc1)C2(C)c1ccccc1. The molecule has 0 bridgehead atoms. The summed E-state index contributed by atoms with van der Waals surface area (Å²) in [6.45, 7) is 3.10. The Bertz CT molecular complexity index is 907. The van der Waals surface area contributed by atoms with Gasteiger partial charge in [0.05, 0.1) is 12.6 Å². The van der Waals surface area contributed by atoms with Gasteiger partial charge in [0.25, 0.3) is 0 Å². The standard InChI is InChI=1S/C23H22FNO/c1-23(18-6-4-3-5-7-18)22-13-12-21(26-2)16-17(22)14-15-25(23)20-10-8-19(24)9-11-20/h3-13,16H,14-15H2,1-2H3. The summed E-state index contributed by atoms with van der Waals surface area (Å²) in [5.74, 6) is 0.673. The van der Waals surface area contributed by atoms with Crippen molar-refractivity contribution in [1.82, 2.24) is 0 Å². The van der Waals surface area contributed by atoms with Gasteiger partial charge in [-0.05, 0) is 66.4 Å². The molecule has 1 aliphatic rings. The minimum Gasteiger partial charge on any atom is -0.497 e. The summed E-state index contributed by atoms with van der Waals surface area (Å²) in [6, 6.07) is 23.6. The fourth-order valence-corrected chi connectivity index (χ4v) is 4.06. The molecule has 1 heterocycles. The molecule has 0 aliphatic carbocycles. The molecule has 0 amide bonds. The summed E-state index contributed by atoms with van der Waals surface area (Å²) < 4.78 is 18.9. The molecule has 0 fully saturated rings. The Balaban J connectivity index is 1.91. The smallest absolute Gasteiger partial charge is 0.123 e. The topological polar surface area (TPSA) is 12.5 Å². The molecule has 1 atom stereocenters. The van der Waals surface area contributed by atoms with Crippen LogP contribution in [0.4, 0.5) is 10.1 Å². The molecular weight excluding hydrogens is 325 g/mol. The van der Waals surface area contributed by atoms with Crippen molar-refractivity contribution in [3.63, 3.8) is 0 Å². The molecule has 0 aromatic heterocycles. The molecule has 26 heavy (non-hydrogen) atoms. The lowest BCUT2D eigenvalue weighted by Gasteiger charge is -2.48. The fraction of sp³-hybridized carbons (Fsp3) is 0.217. The minimum atomic E-state index is -0.334. The summed E-state index contributed by atoms with van der Waals surface area (Å²) in [5.41, 5.74) is 4.47. The maximum atomic E-state index is 13.5. The molecule has 0 spiro atoms. The van der Waals surface area contributed by atoms with Crippen LogP contribution in [0.25, 0.3) is 0 Å². The first-order chi connectivity index (χ1) is 12.6. The van der Waals surface area contributed by atoms with E-state index in [1.54, 1.807) is 7.11 Å². The van der Waals surface area contributed by atoms with Crippen LogP contribution in [-0.2, 0) is 12.0 Å². The second-order valence-corrected chi connectivity index (χ2v) is 6.84. The largest absolute Gasteiger partial charge is 0.497 e. The summed E-state index contributed by atoms with van der Waals surface area (Å²) in [5, 5.41) is 0. The number of anilines is 1. The quantitative estimate of drug-likeness (QED) is 0.649. The van der Waals surface area contributed by atoms with E-state index in [2.05, 4.69) is 48.2 Å². The summed E-state index contributed by atoms with van der Waals surface area (Å²) >= 11 is 0. The second kappa shape index (κ2) is 6.49. The van der Waals surface area contributed by atoms with E-state index in [1.165, 1.54) is 28.8 Å². The molecule has 1 unspecified atom stereocenters. The number of benzene rings is 3. The first kappa shape index (κ1) is 16.6. The molecule has 0 N–H and O–H groups in total. The lowest BCUT2D eigenvalue weighted by atomic mass is 9.76. The van der Waals surface area contributed by atoms with E-state index < -0.39 is 0 Å². The maximum Gasteiger partial charge on any atom is 0.123 e. The van der Waals surface area contributed by atoms with Crippen molar-refractivity contribution >= 4 is 5.69 Å². The summed E-state index contributed by atoms with van der Waals surface area (Å²) in [6.07, 6.45) is 0.923. The molecule has 3 aromatic rings. The van der Waals surface area contributed by atoms with E-state index in [-0.39, 0.29) is 11.4 Å². The zero-order valence-electron chi connectivity index (χ0n) is 15.1. The van der Waals surface area contributed by atoms with E-state index in [4.69, 9.17) is 4.74 Å². The van der Waals surface area contributed by atoms with Gasteiger partial charge in [-0.25, -0.2) is 4.39 Å².